The lowest BCUT2D eigenvalue weighted by Crippen LogP contribution is -2.23. The minimum atomic E-state index is 0.570. The van der Waals surface area contributed by atoms with Gasteiger partial charge in [-0.15, -0.1) is 0 Å². The van der Waals surface area contributed by atoms with E-state index >= 15 is 0 Å². The van der Waals surface area contributed by atoms with Crippen LogP contribution in [0, 0.1) is 47.3 Å². The molecule has 0 aromatic rings. The Morgan fingerprint density at radius 3 is 2.18 bits per heavy atom. The highest BCUT2D eigenvalue weighted by Crippen LogP contribution is 2.50. The van der Waals surface area contributed by atoms with Gasteiger partial charge in [-0.2, -0.15) is 0 Å². The van der Waals surface area contributed by atoms with E-state index in [-0.39, 0.29) is 0 Å². The van der Waals surface area contributed by atoms with E-state index in [2.05, 4.69) is 20.8 Å². The van der Waals surface area contributed by atoms with Gasteiger partial charge in [0.1, 0.15) is 0 Å². The largest absolute Gasteiger partial charge is 0.381 e. The van der Waals surface area contributed by atoms with Crippen molar-refractivity contribution in [3.05, 3.63) is 0 Å². The second kappa shape index (κ2) is 6.09. The lowest BCUT2D eigenvalue weighted by molar-refractivity contribution is 0.0515. The summed E-state index contributed by atoms with van der Waals surface area (Å²) in [6.45, 7) is 10.4. The van der Waals surface area contributed by atoms with E-state index in [0.29, 0.717) is 6.10 Å². The van der Waals surface area contributed by atoms with Gasteiger partial charge in [-0.25, -0.2) is 0 Å². The van der Waals surface area contributed by atoms with Gasteiger partial charge in [0.15, 0.2) is 0 Å². The predicted octanol–water partition coefficient (Wildman–Crippen LogP) is 4.38. The third-order valence-electron chi connectivity index (χ3n) is 7.68. The summed E-state index contributed by atoms with van der Waals surface area (Å²) >= 11 is 0. The number of fused-ring (bicyclic) bond motifs is 2. The van der Waals surface area contributed by atoms with Crippen molar-refractivity contribution in [2.45, 2.75) is 59.0 Å². The van der Waals surface area contributed by atoms with Crippen LogP contribution in [0.25, 0.3) is 0 Å². The highest BCUT2D eigenvalue weighted by molar-refractivity contribution is 4.95. The molecule has 4 fully saturated rings. The molecule has 2 aliphatic heterocycles. The summed E-state index contributed by atoms with van der Waals surface area (Å²) in [5.74, 6) is 7.09. The molecular formula is C20H34O2. The fraction of sp³-hybridized carbons (Fsp3) is 1.00. The molecule has 2 saturated carbocycles. The zero-order chi connectivity index (χ0) is 15.3. The summed E-state index contributed by atoms with van der Waals surface area (Å²) in [6, 6.07) is 0. The summed E-state index contributed by atoms with van der Waals surface area (Å²) in [6.07, 6.45) is 7.58. The second-order valence-corrected chi connectivity index (χ2v) is 9.27. The molecule has 0 amide bonds. The van der Waals surface area contributed by atoms with Crippen LogP contribution in [0.3, 0.4) is 0 Å². The summed E-state index contributed by atoms with van der Waals surface area (Å²) < 4.78 is 11.9. The molecular weight excluding hydrogens is 272 g/mol. The van der Waals surface area contributed by atoms with Crippen LogP contribution in [-0.2, 0) is 9.47 Å². The Hall–Kier alpha value is -0.0800. The number of rotatable bonds is 4. The minimum absolute atomic E-state index is 0.570. The molecule has 2 nitrogen and oxygen atoms in total. The van der Waals surface area contributed by atoms with Crippen molar-refractivity contribution in [1.29, 1.82) is 0 Å². The van der Waals surface area contributed by atoms with Crippen molar-refractivity contribution < 1.29 is 9.47 Å². The van der Waals surface area contributed by atoms with Crippen LogP contribution in [0.1, 0.15) is 52.9 Å². The predicted molar refractivity (Wildman–Crippen MR) is 88.6 cm³/mol. The minimum Gasteiger partial charge on any atom is -0.381 e. The smallest absolute Gasteiger partial charge is 0.0609 e. The molecule has 4 rings (SSSR count). The van der Waals surface area contributed by atoms with Crippen LogP contribution in [0.4, 0.5) is 0 Å². The fourth-order valence-corrected chi connectivity index (χ4v) is 6.07. The van der Waals surface area contributed by atoms with Crippen LogP contribution in [0.2, 0.25) is 0 Å². The van der Waals surface area contributed by atoms with Crippen molar-refractivity contribution in [3.63, 3.8) is 0 Å². The molecule has 2 heteroatoms. The summed E-state index contributed by atoms with van der Waals surface area (Å²) in [5.41, 5.74) is 0. The third kappa shape index (κ3) is 2.75. The highest BCUT2D eigenvalue weighted by Gasteiger charge is 2.46. The SMILES string of the molecule is CC(C)C1CC2COC(CC(C)C3C[C@H]4COC[C@H]4C3)C2C1. The van der Waals surface area contributed by atoms with Gasteiger partial charge in [-0.1, -0.05) is 20.8 Å². The molecule has 6 unspecified atom stereocenters. The Morgan fingerprint density at radius 2 is 1.50 bits per heavy atom. The Labute approximate surface area is 136 Å². The molecule has 126 valence electrons. The van der Waals surface area contributed by atoms with Crippen LogP contribution in [0.15, 0.2) is 0 Å². The zero-order valence-corrected chi connectivity index (χ0v) is 14.7. The number of hydrogen-bond acceptors (Lipinski definition) is 2. The maximum atomic E-state index is 6.25. The second-order valence-electron chi connectivity index (χ2n) is 9.27. The maximum absolute atomic E-state index is 6.25. The summed E-state index contributed by atoms with van der Waals surface area (Å²) in [7, 11) is 0. The van der Waals surface area contributed by atoms with Crippen molar-refractivity contribution in [3.8, 4) is 0 Å². The molecule has 0 bridgehead atoms. The first-order chi connectivity index (χ1) is 10.6. The number of ether oxygens (including phenoxy) is 2. The molecule has 0 radical (unpaired) electrons. The van der Waals surface area contributed by atoms with Gasteiger partial charge < -0.3 is 9.47 Å². The van der Waals surface area contributed by atoms with Gasteiger partial charge in [0, 0.05) is 13.2 Å². The van der Waals surface area contributed by atoms with E-state index in [9.17, 15) is 0 Å². The highest BCUT2D eigenvalue weighted by atomic mass is 16.5. The van der Waals surface area contributed by atoms with E-state index in [0.717, 1.165) is 67.2 Å². The molecule has 2 heterocycles. The lowest BCUT2D eigenvalue weighted by atomic mass is 9.82. The van der Waals surface area contributed by atoms with E-state index < -0.39 is 0 Å². The molecule has 22 heavy (non-hydrogen) atoms. The van der Waals surface area contributed by atoms with Crippen LogP contribution in [0.5, 0.6) is 0 Å². The van der Waals surface area contributed by atoms with Gasteiger partial charge in [0.2, 0.25) is 0 Å². The van der Waals surface area contributed by atoms with Gasteiger partial charge in [-0.05, 0) is 79.4 Å². The average Bonchev–Trinajstić information content (AvgIpc) is 3.17. The third-order valence-corrected chi connectivity index (χ3v) is 7.68. The van der Waals surface area contributed by atoms with Crippen LogP contribution >= 0.6 is 0 Å². The van der Waals surface area contributed by atoms with Gasteiger partial charge in [0.05, 0.1) is 12.7 Å². The molecule has 0 spiro atoms. The molecule has 0 aromatic carbocycles. The topological polar surface area (TPSA) is 18.5 Å². The molecule has 0 N–H and O–H groups in total. The van der Waals surface area contributed by atoms with E-state index in [1.165, 1.54) is 32.1 Å². The van der Waals surface area contributed by atoms with Gasteiger partial charge in [0.25, 0.3) is 0 Å². The fourth-order valence-electron chi connectivity index (χ4n) is 6.07. The first-order valence-corrected chi connectivity index (χ1v) is 9.81. The normalized spacial score (nSPS) is 48.8. The van der Waals surface area contributed by atoms with Crippen molar-refractivity contribution >= 4 is 0 Å². The van der Waals surface area contributed by atoms with Gasteiger partial charge >= 0.3 is 0 Å². The number of hydrogen-bond donors (Lipinski definition) is 0. The zero-order valence-electron chi connectivity index (χ0n) is 14.7. The van der Waals surface area contributed by atoms with Crippen LogP contribution in [-0.4, -0.2) is 25.9 Å². The average molecular weight is 306 g/mol. The monoisotopic (exact) mass is 306 g/mol. The Bertz CT molecular complexity index is 381. The van der Waals surface area contributed by atoms with Crippen molar-refractivity contribution in [1.82, 2.24) is 0 Å². The lowest BCUT2D eigenvalue weighted by Gasteiger charge is -2.26. The summed E-state index contributed by atoms with van der Waals surface area (Å²) in [5, 5.41) is 0. The van der Waals surface area contributed by atoms with Crippen molar-refractivity contribution in [2.75, 3.05) is 19.8 Å². The molecule has 2 aliphatic carbocycles. The molecule has 4 aliphatic rings. The van der Waals surface area contributed by atoms with E-state index in [1.807, 2.05) is 0 Å². The van der Waals surface area contributed by atoms with E-state index in [1.54, 1.807) is 0 Å². The molecule has 0 aromatic heterocycles. The molecule has 8 atom stereocenters. The van der Waals surface area contributed by atoms with Crippen LogP contribution < -0.4 is 0 Å². The Morgan fingerprint density at radius 1 is 0.818 bits per heavy atom. The Balaban J connectivity index is 1.32. The van der Waals surface area contributed by atoms with Crippen molar-refractivity contribution in [2.24, 2.45) is 47.3 Å². The maximum Gasteiger partial charge on any atom is 0.0609 e. The Kier molecular flexibility index (Phi) is 4.28. The first-order valence-electron chi connectivity index (χ1n) is 9.81. The summed E-state index contributed by atoms with van der Waals surface area (Å²) in [4.78, 5) is 0. The standard InChI is InChI=1S/C20H34O2/c1-12(2)14-5-18-11-22-20(19(18)8-14)4-13(3)15-6-16-9-21-10-17(16)7-15/h12-20H,4-11H2,1-3H3/t13?,14?,15?,16-,17+,18?,19?,20?. The quantitative estimate of drug-likeness (QED) is 0.767. The van der Waals surface area contributed by atoms with Gasteiger partial charge in [-0.3, -0.25) is 0 Å². The van der Waals surface area contributed by atoms with E-state index in [4.69, 9.17) is 9.47 Å². The first kappa shape index (κ1) is 15.4. The molecule has 2 saturated heterocycles.